The summed E-state index contributed by atoms with van der Waals surface area (Å²) in [6.45, 7) is 0.707. The van der Waals surface area contributed by atoms with Gasteiger partial charge in [0.05, 0.1) is 19.3 Å². The van der Waals surface area contributed by atoms with Crippen molar-refractivity contribution < 1.29 is 9.53 Å². The molecule has 0 aliphatic carbocycles. The lowest BCUT2D eigenvalue weighted by atomic mass is 9.98. The molecule has 1 heterocycles. The zero-order valence-corrected chi connectivity index (χ0v) is 18.0. The molecule has 5 rings (SSSR count). The van der Waals surface area contributed by atoms with Crippen LogP contribution in [0.2, 0.25) is 0 Å². The SMILES string of the molecule is COC(=O)[C@H]1N[C@@H](c2ccc3ccccc3c2)N(Cc2ccccc2)[C@@H]1c1ccccc1. The maximum atomic E-state index is 12.9. The van der Waals surface area contributed by atoms with E-state index in [0.717, 1.165) is 11.1 Å². The molecule has 1 N–H and O–H groups in total. The number of nitrogens with one attached hydrogen (secondary N) is 1. The molecule has 32 heavy (non-hydrogen) atoms. The van der Waals surface area contributed by atoms with Crippen LogP contribution in [-0.4, -0.2) is 24.0 Å². The third-order valence-corrected chi connectivity index (χ3v) is 6.24. The normalized spacial score (nSPS) is 21.0. The van der Waals surface area contributed by atoms with Crippen molar-refractivity contribution in [2.24, 2.45) is 0 Å². The number of fused-ring (bicyclic) bond motifs is 1. The van der Waals surface area contributed by atoms with E-state index in [1.807, 2.05) is 24.3 Å². The molecule has 4 heteroatoms. The van der Waals surface area contributed by atoms with E-state index in [9.17, 15) is 4.79 Å². The van der Waals surface area contributed by atoms with Crippen LogP contribution in [0.5, 0.6) is 0 Å². The zero-order valence-electron chi connectivity index (χ0n) is 18.0. The van der Waals surface area contributed by atoms with Gasteiger partial charge in [0.25, 0.3) is 0 Å². The summed E-state index contributed by atoms with van der Waals surface area (Å²) in [6, 6.07) is 34.9. The Labute approximate surface area is 188 Å². The van der Waals surface area contributed by atoms with Crippen LogP contribution in [0.15, 0.2) is 103 Å². The molecule has 1 saturated heterocycles. The summed E-state index contributed by atoms with van der Waals surface area (Å²) in [5.41, 5.74) is 3.42. The van der Waals surface area contributed by atoms with Gasteiger partial charge in [-0.05, 0) is 33.5 Å². The predicted molar refractivity (Wildman–Crippen MR) is 127 cm³/mol. The van der Waals surface area contributed by atoms with E-state index < -0.39 is 6.04 Å². The van der Waals surface area contributed by atoms with Crippen molar-refractivity contribution >= 4 is 16.7 Å². The van der Waals surface area contributed by atoms with Gasteiger partial charge in [-0.2, -0.15) is 0 Å². The Morgan fingerprint density at radius 3 is 2.19 bits per heavy atom. The van der Waals surface area contributed by atoms with Crippen LogP contribution in [0.1, 0.15) is 28.9 Å². The highest BCUT2D eigenvalue weighted by Crippen LogP contribution is 2.40. The van der Waals surface area contributed by atoms with Crippen LogP contribution >= 0.6 is 0 Å². The number of methoxy groups -OCH3 is 1. The fourth-order valence-corrected chi connectivity index (χ4v) is 4.72. The molecule has 3 atom stereocenters. The molecule has 4 aromatic carbocycles. The second-order valence-corrected chi connectivity index (χ2v) is 8.19. The van der Waals surface area contributed by atoms with Gasteiger partial charge in [-0.25, -0.2) is 0 Å². The summed E-state index contributed by atoms with van der Waals surface area (Å²) >= 11 is 0. The van der Waals surface area contributed by atoms with Gasteiger partial charge in [-0.1, -0.05) is 97.1 Å². The van der Waals surface area contributed by atoms with Crippen molar-refractivity contribution in [3.05, 3.63) is 120 Å². The molecular formula is C28H26N2O2. The van der Waals surface area contributed by atoms with Gasteiger partial charge >= 0.3 is 5.97 Å². The molecule has 0 amide bonds. The fraction of sp³-hybridized carbons (Fsp3) is 0.179. The molecule has 1 aliphatic heterocycles. The Morgan fingerprint density at radius 2 is 1.47 bits per heavy atom. The van der Waals surface area contributed by atoms with E-state index in [1.54, 1.807) is 0 Å². The van der Waals surface area contributed by atoms with Crippen LogP contribution in [0.3, 0.4) is 0 Å². The average molecular weight is 423 g/mol. The molecule has 0 aromatic heterocycles. The second kappa shape index (κ2) is 8.95. The summed E-state index contributed by atoms with van der Waals surface area (Å²) in [5, 5.41) is 5.98. The smallest absolute Gasteiger partial charge is 0.324 e. The monoisotopic (exact) mass is 422 g/mol. The van der Waals surface area contributed by atoms with Crippen molar-refractivity contribution in [1.29, 1.82) is 0 Å². The molecule has 0 spiro atoms. The first-order chi connectivity index (χ1) is 15.7. The number of nitrogens with zero attached hydrogens (tertiary/aromatic N) is 1. The van der Waals surface area contributed by atoms with E-state index in [1.165, 1.54) is 23.4 Å². The highest BCUT2D eigenvalue weighted by molar-refractivity contribution is 5.83. The quantitative estimate of drug-likeness (QED) is 0.448. The first kappa shape index (κ1) is 20.4. The van der Waals surface area contributed by atoms with Crippen molar-refractivity contribution in [1.82, 2.24) is 10.2 Å². The maximum absolute atomic E-state index is 12.9. The van der Waals surface area contributed by atoms with E-state index in [0.29, 0.717) is 6.54 Å². The third-order valence-electron chi connectivity index (χ3n) is 6.24. The summed E-state index contributed by atoms with van der Waals surface area (Å²) in [6.07, 6.45) is -0.130. The molecule has 0 radical (unpaired) electrons. The van der Waals surface area contributed by atoms with Crippen molar-refractivity contribution in [2.75, 3.05) is 7.11 Å². The third kappa shape index (κ3) is 3.91. The summed E-state index contributed by atoms with van der Waals surface area (Å²) < 4.78 is 5.21. The van der Waals surface area contributed by atoms with Gasteiger partial charge in [-0.3, -0.25) is 15.0 Å². The lowest BCUT2D eigenvalue weighted by Crippen LogP contribution is -2.36. The Bertz CT molecular complexity index is 1210. The fourth-order valence-electron chi connectivity index (χ4n) is 4.72. The van der Waals surface area contributed by atoms with Gasteiger partial charge in [0.2, 0.25) is 0 Å². The average Bonchev–Trinajstić information content (AvgIpc) is 3.23. The summed E-state index contributed by atoms with van der Waals surface area (Å²) in [7, 11) is 1.46. The number of esters is 1. The lowest BCUT2D eigenvalue weighted by Gasteiger charge is -2.30. The van der Waals surface area contributed by atoms with Crippen LogP contribution in [0, 0.1) is 0 Å². The number of ether oxygens (including phenoxy) is 1. The molecular weight excluding hydrogens is 396 g/mol. The van der Waals surface area contributed by atoms with E-state index in [4.69, 9.17) is 4.74 Å². The number of rotatable bonds is 5. The van der Waals surface area contributed by atoms with Gasteiger partial charge in [-0.15, -0.1) is 0 Å². The Hall–Kier alpha value is -3.47. The van der Waals surface area contributed by atoms with E-state index in [2.05, 4.69) is 89.1 Å². The van der Waals surface area contributed by atoms with E-state index in [-0.39, 0.29) is 18.2 Å². The second-order valence-electron chi connectivity index (χ2n) is 8.19. The van der Waals surface area contributed by atoms with Crippen molar-refractivity contribution in [2.45, 2.75) is 24.8 Å². The highest BCUT2D eigenvalue weighted by Gasteiger charge is 2.46. The molecule has 1 fully saturated rings. The minimum atomic E-state index is -0.470. The Balaban J connectivity index is 1.61. The highest BCUT2D eigenvalue weighted by atomic mass is 16.5. The van der Waals surface area contributed by atoms with Gasteiger partial charge in [0, 0.05) is 6.54 Å². The van der Waals surface area contributed by atoms with Crippen LogP contribution in [0.25, 0.3) is 10.8 Å². The molecule has 1 aliphatic rings. The molecule has 0 bridgehead atoms. The number of carbonyl (C=O) groups excluding carboxylic acids is 1. The summed E-state index contributed by atoms with van der Waals surface area (Å²) in [5.74, 6) is -0.250. The largest absolute Gasteiger partial charge is 0.468 e. The van der Waals surface area contributed by atoms with Crippen LogP contribution < -0.4 is 5.32 Å². The topological polar surface area (TPSA) is 41.6 Å². The molecule has 160 valence electrons. The number of hydrogen-bond acceptors (Lipinski definition) is 4. The molecule has 0 unspecified atom stereocenters. The summed E-state index contributed by atoms with van der Waals surface area (Å²) in [4.78, 5) is 15.2. The van der Waals surface area contributed by atoms with Gasteiger partial charge in [0.1, 0.15) is 6.04 Å². The predicted octanol–water partition coefficient (Wildman–Crippen LogP) is 5.23. The molecule has 4 aromatic rings. The number of carbonyl (C=O) groups is 1. The Kier molecular flexibility index (Phi) is 5.71. The van der Waals surface area contributed by atoms with Crippen molar-refractivity contribution in [3.63, 3.8) is 0 Å². The maximum Gasteiger partial charge on any atom is 0.324 e. The first-order valence-electron chi connectivity index (χ1n) is 10.9. The van der Waals surface area contributed by atoms with Gasteiger partial charge < -0.3 is 4.74 Å². The van der Waals surface area contributed by atoms with E-state index >= 15 is 0 Å². The van der Waals surface area contributed by atoms with Crippen LogP contribution in [0.4, 0.5) is 0 Å². The standard InChI is InChI=1S/C28H26N2O2/c1-32-28(31)25-26(22-13-6-3-7-14-22)30(19-20-10-4-2-5-11-20)27(29-25)24-17-16-21-12-8-9-15-23(21)18-24/h2-18,25-27,29H,19H2,1H3/t25-,26+,27+/m0/s1. The van der Waals surface area contributed by atoms with Gasteiger partial charge in [0.15, 0.2) is 0 Å². The minimum absolute atomic E-state index is 0.130. The van der Waals surface area contributed by atoms with Crippen LogP contribution in [-0.2, 0) is 16.1 Å². The lowest BCUT2D eigenvalue weighted by molar-refractivity contribution is -0.143. The van der Waals surface area contributed by atoms with Crippen molar-refractivity contribution in [3.8, 4) is 0 Å². The Morgan fingerprint density at radius 1 is 0.812 bits per heavy atom. The molecule has 0 saturated carbocycles. The molecule has 4 nitrogen and oxygen atoms in total. The number of benzene rings is 4. The minimum Gasteiger partial charge on any atom is -0.468 e. The first-order valence-corrected chi connectivity index (χ1v) is 10.9. The zero-order chi connectivity index (χ0) is 21.9. The number of hydrogen-bond donors (Lipinski definition) is 1.